The normalized spacial score (nSPS) is 16.4. The van der Waals surface area contributed by atoms with Crippen LogP contribution in [0.15, 0.2) is 41.8 Å². The molecule has 1 aliphatic rings. The lowest BCUT2D eigenvalue weighted by Crippen LogP contribution is -2.17. The smallest absolute Gasteiger partial charge is 0.0478 e. The summed E-state index contributed by atoms with van der Waals surface area (Å²) < 4.78 is 0. The predicted molar refractivity (Wildman–Crippen MR) is 82.4 cm³/mol. The summed E-state index contributed by atoms with van der Waals surface area (Å²) in [6.45, 7) is 4.91. The maximum absolute atomic E-state index is 3.78. The van der Waals surface area contributed by atoms with Crippen LogP contribution in [0.1, 0.15) is 32.1 Å². The van der Waals surface area contributed by atoms with Gasteiger partial charge in [-0.3, -0.25) is 0 Å². The molecular weight excluding hydrogens is 238 g/mol. The summed E-state index contributed by atoms with van der Waals surface area (Å²) >= 11 is 1.85. The molecular formula is C16H23NS. The molecule has 0 aromatic heterocycles. The van der Waals surface area contributed by atoms with Crippen molar-refractivity contribution in [1.82, 2.24) is 0 Å². The molecule has 1 N–H and O–H groups in total. The van der Waals surface area contributed by atoms with E-state index in [1.807, 2.05) is 17.8 Å². The fourth-order valence-electron chi connectivity index (χ4n) is 2.53. The lowest BCUT2D eigenvalue weighted by molar-refractivity contribution is 0.373. The van der Waals surface area contributed by atoms with E-state index in [1.54, 1.807) is 0 Å². The van der Waals surface area contributed by atoms with Crippen LogP contribution in [0.4, 0.5) is 5.69 Å². The Balaban J connectivity index is 1.88. The van der Waals surface area contributed by atoms with Gasteiger partial charge in [-0.2, -0.15) is 0 Å². The van der Waals surface area contributed by atoms with Crippen LogP contribution < -0.4 is 5.32 Å². The van der Waals surface area contributed by atoms with Gasteiger partial charge in [-0.15, -0.1) is 18.3 Å². The molecule has 1 aliphatic carbocycles. The maximum atomic E-state index is 3.78. The fraction of sp³-hybridized carbons (Fsp3) is 0.500. The average Bonchev–Trinajstić information content (AvgIpc) is 2.45. The van der Waals surface area contributed by atoms with Gasteiger partial charge in [0.2, 0.25) is 0 Å². The molecule has 1 aromatic carbocycles. The Labute approximate surface area is 115 Å². The van der Waals surface area contributed by atoms with Crippen molar-refractivity contribution in [2.45, 2.75) is 37.0 Å². The average molecular weight is 261 g/mol. The van der Waals surface area contributed by atoms with Gasteiger partial charge in [0, 0.05) is 22.9 Å². The highest BCUT2D eigenvalue weighted by Crippen LogP contribution is 2.29. The van der Waals surface area contributed by atoms with Gasteiger partial charge in [-0.05, 0) is 30.9 Å². The van der Waals surface area contributed by atoms with Crippen molar-refractivity contribution in [3.63, 3.8) is 0 Å². The molecule has 1 saturated carbocycles. The molecule has 0 unspecified atom stereocenters. The van der Waals surface area contributed by atoms with E-state index in [2.05, 4.69) is 36.2 Å². The molecule has 0 spiro atoms. The van der Waals surface area contributed by atoms with E-state index in [-0.39, 0.29) is 0 Å². The summed E-state index contributed by atoms with van der Waals surface area (Å²) in [6, 6.07) is 8.60. The molecule has 0 saturated heterocycles. The minimum Gasteiger partial charge on any atom is -0.384 e. The molecule has 1 nitrogen and oxygen atoms in total. The Morgan fingerprint density at radius 3 is 2.78 bits per heavy atom. The molecule has 0 heterocycles. The standard InChI is InChI=1S/C16H23NS/c1-2-12-18-16-11-7-6-10-15(16)17-13-14-8-4-3-5-9-14/h2,6-7,10-11,14,17H,1,3-5,8-9,12-13H2. The van der Waals surface area contributed by atoms with Crippen LogP contribution in [0, 0.1) is 5.92 Å². The Bertz CT molecular complexity index is 369. The lowest BCUT2D eigenvalue weighted by atomic mass is 9.89. The molecule has 2 heteroatoms. The highest BCUT2D eigenvalue weighted by Gasteiger charge is 2.13. The first-order valence-electron chi connectivity index (χ1n) is 6.96. The lowest BCUT2D eigenvalue weighted by Gasteiger charge is -2.23. The minimum atomic E-state index is 0.871. The first kappa shape index (κ1) is 13.5. The highest BCUT2D eigenvalue weighted by molar-refractivity contribution is 7.99. The monoisotopic (exact) mass is 261 g/mol. The molecule has 1 aromatic rings. The van der Waals surface area contributed by atoms with Crippen LogP contribution in [0.3, 0.4) is 0 Å². The van der Waals surface area contributed by atoms with Crippen molar-refractivity contribution >= 4 is 17.4 Å². The molecule has 0 aliphatic heterocycles. The summed E-state index contributed by atoms with van der Waals surface area (Å²) in [5.74, 6) is 1.85. The summed E-state index contributed by atoms with van der Waals surface area (Å²) in [4.78, 5) is 1.34. The number of rotatable bonds is 6. The molecule has 0 atom stereocenters. The van der Waals surface area contributed by atoms with Crippen molar-refractivity contribution in [2.75, 3.05) is 17.6 Å². The van der Waals surface area contributed by atoms with Crippen molar-refractivity contribution in [2.24, 2.45) is 5.92 Å². The Hall–Kier alpha value is -0.890. The largest absolute Gasteiger partial charge is 0.384 e. The second-order valence-electron chi connectivity index (χ2n) is 4.98. The van der Waals surface area contributed by atoms with Crippen LogP contribution in [-0.4, -0.2) is 12.3 Å². The quantitative estimate of drug-likeness (QED) is 0.574. The Morgan fingerprint density at radius 1 is 1.22 bits per heavy atom. The summed E-state index contributed by atoms with van der Waals surface area (Å²) in [5, 5.41) is 3.64. The first-order chi connectivity index (χ1) is 8.90. The van der Waals surface area contributed by atoms with E-state index in [1.165, 1.54) is 42.7 Å². The molecule has 0 bridgehead atoms. The molecule has 0 radical (unpaired) electrons. The number of hydrogen-bond acceptors (Lipinski definition) is 2. The van der Waals surface area contributed by atoms with E-state index in [0.717, 1.165) is 18.2 Å². The van der Waals surface area contributed by atoms with Crippen LogP contribution in [0.5, 0.6) is 0 Å². The second kappa shape index (κ2) is 7.52. The minimum absolute atomic E-state index is 0.871. The van der Waals surface area contributed by atoms with Crippen molar-refractivity contribution < 1.29 is 0 Å². The zero-order valence-electron chi connectivity index (χ0n) is 11.0. The third kappa shape index (κ3) is 4.09. The Morgan fingerprint density at radius 2 is 2.00 bits per heavy atom. The maximum Gasteiger partial charge on any atom is 0.0478 e. The number of para-hydroxylation sites is 1. The zero-order chi connectivity index (χ0) is 12.6. The molecule has 0 amide bonds. The van der Waals surface area contributed by atoms with Gasteiger partial charge < -0.3 is 5.32 Å². The number of thioether (sulfide) groups is 1. The molecule has 18 heavy (non-hydrogen) atoms. The van der Waals surface area contributed by atoms with E-state index < -0.39 is 0 Å². The SMILES string of the molecule is C=CCSc1ccccc1NCC1CCCCC1. The van der Waals surface area contributed by atoms with E-state index in [0.29, 0.717) is 0 Å². The van der Waals surface area contributed by atoms with Gasteiger partial charge in [0.05, 0.1) is 0 Å². The highest BCUT2D eigenvalue weighted by atomic mass is 32.2. The molecule has 98 valence electrons. The van der Waals surface area contributed by atoms with Crippen molar-refractivity contribution in [3.05, 3.63) is 36.9 Å². The van der Waals surface area contributed by atoms with Gasteiger partial charge in [0.1, 0.15) is 0 Å². The van der Waals surface area contributed by atoms with Crippen molar-refractivity contribution in [1.29, 1.82) is 0 Å². The summed E-state index contributed by atoms with van der Waals surface area (Å²) in [6.07, 6.45) is 9.02. The van der Waals surface area contributed by atoms with E-state index in [4.69, 9.17) is 0 Å². The molecule has 1 fully saturated rings. The van der Waals surface area contributed by atoms with Gasteiger partial charge >= 0.3 is 0 Å². The fourth-order valence-corrected chi connectivity index (χ4v) is 3.30. The number of nitrogens with one attached hydrogen (secondary N) is 1. The molecule has 2 rings (SSSR count). The summed E-state index contributed by atoms with van der Waals surface area (Å²) in [5.41, 5.74) is 1.29. The van der Waals surface area contributed by atoms with Crippen LogP contribution >= 0.6 is 11.8 Å². The first-order valence-corrected chi connectivity index (χ1v) is 7.95. The van der Waals surface area contributed by atoms with Crippen molar-refractivity contribution in [3.8, 4) is 0 Å². The topological polar surface area (TPSA) is 12.0 Å². The third-order valence-electron chi connectivity index (χ3n) is 3.55. The number of hydrogen-bond donors (Lipinski definition) is 1. The second-order valence-corrected chi connectivity index (χ2v) is 6.04. The van der Waals surface area contributed by atoms with Gasteiger partial charge in [0.15, 0.2) is 0 Å². The Kier molecular flexibility index (Phi) is 5.66. The predicted octanol–water partition coefficient (Wildman–Crippen LogP) is 4.96. The van der Waals surface area contributed by atoms with E-state index >= 15 is 0 Å². The van der Waals surface area contributed by atoms with Gasteiger partial charge in [-0.25, -0.2) is 0 Å². The number of anilines is 1. The van der Waals surface area contributed by atoms with Crippen LogP contribution in [0.25, 0.3) is 0 Å². The van der Waals surface area contributed by atoms with Crippen LogP contribution in [-0.2, 0) is 0 Å². The van der Waals surface area contributed by atoms with Gasteiger partial charge in [-0.1, -0.05) is 37.5 Å². The van der Waals surface area contributed by atoms with Gasteiger partial charge in [0.25, 0.3) is 0 Å². The zero-order valence-corrected chi connectivity index (χ0v) is 11.8. The summed E-state index contributed by atoms with van der Waals surface area (Å²) in [7, 11) is 0. The third-order valence-corrected chi connectivity index (χ3v) is 4.62. The number of benzene rings is 1. The van der Waals surface area contributed by atoms with E-state index in [9.17, 15) is 0 Å². The van der Waals surface area contributed by atoms with Crippen LogP contribution in [0.2, 0.25) is 0 Å².